The topological polar surface area (TPSA) is 95.7 Å². The van der Waals surface area contributed by atoms with Gasteiger partial charge < -0.3 is 29.4 Å². The minimum atomic E-state index is -1.51. The lowest BCUT2D eigenvalue weighted by Crippen LogP contribution is -2.33. The van der Waals surface area contributed by atoms with Gasteiger partial charge >= 0.3 is 0 Å². The van der Waals surface area contributed by atoms with Gasteiger partial charge in [-0.05, 0) is 61.4 Å². The van der Waals surface area contributed by atoms with Gasteiger partial charge in [-0.25, -0.2) is 0 Å². The smallest absolute Gasteiger partial charge is 0.221 e. The van der Waals surface area contributed by atoms with E-state index in [-0.39, 0.29) is 27.3 Å². The zero-order valence-electron chi connectivity index (χ0n) is 32.7. The molecule has 0 saturated carbocycles. The van der Waals surface area contributed by atoms with Crippen molar-refractivity contribution >= 4 is 67.7 Å². The number of nitrogens with zero attached hydrogens (tertiary/aromatic N) is 2. The number of hydrogen-bond donors (Lipinski definition) is 0. The number of aromatic carboxylic acids is 2. The first kappa shape index (κ1) is 35.9. The molecule has 286 valence electrons. The molecule has 10 rings (SSSR count). The van der Waals surface area contributed by atoms with Gasteiger partial charge in [0, 0.05) is 73.8 Å². The zero-order chi connectivity index (χ0) is 40.4. The molecule has 0 atom stereocenters. The van der Waals surface area contributed by atoms with Crippen LogP contribution >= 0.6 is 11.6 Å². The summed E-state index contributed by atoms with van der Waals surface area (Å²) in [7, 11) is 0. The van der Waals surface area contributed by atoms with Crippen molar-refractivity contribution < 1.29 is 24.5 Å². The van der Waals surface area contributed by atoms with Gasteiger partial charge in [-0.3, -0.25) is 0 Å². The molecule has 0 radical (unpaired) electrons. The van der Waals surface area contributed by atoms with Crippen LogP contribution in [0.15, 0.2) is 115 Å². The summed E-state index contributed by atoms with van der Waals surface area (Å²) >= 11 is 7.26. The molecule has 0 amide bonds. The molecule has 0 saturated heterocycles. The van der Waals surface area contributed by atoms with Crippen molar-refractivity contribution in [3.8, 4) is 11.5 Å². The molecular formula is C50H38ClN2O5-. The number of benzene rings is 7. The van der Waals surface area contributed by atoms with Crippen molar-refractivity contribution in [2.45, 2.75) is 45.4 Å². The Morgan fingerprint density at radius 3 is 1.97 bits per heavy atom. The van der Waals surface area contributed by atoms with Gasteiger partial charge in [0.15, 0.2) is 6.54 Å². The fourth-order valence-electron chi connectivity index (χ4n) is 9.99. The summed E-state index contributed by atoms with van der Waals surface area (Å²) in [5.74, 6) is -1.81. The van der Waals surface area contributed by atoms with Crippen LogP contribution in [0, 0.1) is 6.92 Å². The van der Waals surface area contributed by atoms with Crippen LogP contribution in [0.5, 0.6) is 11.5 Å². The van der Waals surface area contributed by atoms with Gasteiger partial charge in [-0.1, -0.05) is 104 Å². The Balaban J connectivity index is 1.52. The van der Waals surface area contributed by atoms with Gasteiger partial charge in [0.05, 0.1) is 39.0 Å². The summed E-state index contributed by atoms with van der Waals surface area (Å²) < 4.78 is 9.95. The van der Waals surface area contributed by atoms with E-state index in [9.17, 15) is 19.8 Å². The lowest BCUT2D eigenvalue weighted by Gasteiger charge is -2.32. The number of rotatable bonds is 5. The number of carbonyl (C=O) groups excluding carboxylic acids is 2. The monoisotopic (exact) mass is 781 g/mol. The lowest BCUT2D eigenvalue weighted by molar-refractivity contribution is -0.256. The molecule has 0 aliphatic carbocycles. The van der Waals surface area contributed by atoms with E-state index >= 15 is 0 Å². The molecule has 0 fully saturated rings. The van der Waals surface area contributed by atoms with E-state index in [2.05, 4.69) is 73.6 Å². The first-order chi connectivity index (χ1) is 27.8. The SMILES string of the molecule is Cc1cc(C(=O)[O-])c(Cl)c(C2=c3c(c4c(c5ccccc35)=[N+](c3ccccc3)CC4(C)C)Oc3c4c(c5ccccc5c32)N(c2ccccc2)CC4(C)C)c1C(=O)[O-]. The van der Waals surface area contributed by atoms with Crippen LogP contribution < -0.4 is 35.0 Å². The number of anilines is 2. The highest BCUT2D eigenvalue weighted by atomic mass is 35.5. The first-order valence-corrected chi connectivity index (χ1v) is 19.8. The number of fused-ring (bicyclic) bond motifs is 12. The van der Waals surface area contributed by atoms with Crippen LogP contribution in [-0.2, 0) is 10.8 Å². The quantitative estimate of drug-likeness (QED) is 0.167. The Morgan fingerprint density at radius 1 is 0.707 bits per heavy atom. The highest BCUT2D eigenvalue weighted by Gasteiger charge is 2.48. The average Bonchev–Trinajstić information content (AvgIpc) is 3.67. The van der Waals surface area contributed by atoms with Gasteiger partial charge in [0.2, 0.25) is 11.0 Å². The molecule has 0 spiro atoms. The standard InChI is InChI=1S/C50H39ClN2O5/c1-27-24-34(47(54)55)42(51)39(35(27)48(56)57)38-36-30-20-12-14-22-32(30)43-40(49(2,3)25-52(43)28-16-8-6-9-17-28)45(36)58-46-37(38)31-21-13-15-23-33(31)44-41(46)50(4,5)26-53(44)29-18-10-7-11-19-29/h6-24H,25-26H2,1-5H3,(H-,54,55,56,57)/p-1. The molecule has 7 aromatic carbocycles. The fourth-order valence-corrected chi connectivity index (χ4v) is 10.3. The first-order valence-electron chi connectivity index (χ1n) is 19.5. The summed E-state index contributed by atoms with van der Waals surface area (Å²) in [5.41, 5.74) is 4.94. The molecular weight excluding hydrogens is 744 g/mol. The summed E-state index contributed by atoms with van der Waals surface area (Å²) in [5, 5.41) is 31.2. The molecule has 3 aliphatic heterocycles. The van der Waals surface area contributed by atoms with E-state index in [4.69, 9.17) is 16.3 Å². The Bertz CT molecular complexity index is 3120. The fraction of sp³-hybridized carbons (Fsp3) is 0.180. The van der Waals surface area contributed by atoms with E-state index < -0.39 is 22.8 Å². The van der Waals surface area contributed by atoms with E-state index in [0.29, 0.717) is 40.9 Å². The normalized spacial score (nSPS) is 15.9. The third kappa shape index (κ3) is 4.96. The van der Waals surface area contributed by atoms with E-state index in [0.717, 1.165) is 55.1 Å². The van der Waals surface area contributed by atoms with Crippen molar-refractivity contribution in [1.82, 2.24) is 4.58 Å². The largest absolute Gasteiger partial charge is 0.545 e. The average molecular weight is 782 g/mol. The molecule has 0 N–H and O–H groups in total. The number of carboxylic acids is 2. The molecule has 0 unspecified atom stereocenters. The van der Waals surface area contributed by atoms with E-state index in [1.54, 1.807) is 6.92 Å². The number of hydrogen-bond acceptors (Lipinski definition) is 6. The number of carbonyl (C=O) groups is 2. The van der Waals surface area contributed by atoms with E-state index in [1.807, 2.05) is 72.8 Å². The second-order valence-corrected chi connectivity index (χ2v) is 17.3. The third-order valence-electron chi connectivity index (χ3n) is 12.3. The van der Waals surface area contributed by atoms with Gasteiger partial charge in [-0.2, -0.15) is 4.58 Å². The number of halogens is 1. The van der Waals surface area contributed by atoms with Crippen LogP contribution in [0.4, 0.5) is 17.1 Å². The molecule has 7 nitrogen and oxygen atoms in total. The minimum absolute atomic E-state index is 0.0632. The van der Waals surface area contributed by atoms with Crippen LogP contribution in [0.1, 0.15) is 76.2 Å². The summed E-state index contributed by atoms with van der Waals surface area (Å²) in [4.78, 5) is 28.6. The number of aryl methyl sites for hydroxylation is 1. The Labute approximate surface area is 340 Å². The van der Waals surface area contributed by atoms with Crippen molar-refractivity contribution in [3.05, 3.63) is 170 Å². The Morgan fingerprint density at radius 2 is 1.31 bits per heavy atom. The van der Waals surface area contributed by atoms with Crippen molar-refractivity contribution in [1.29, 1.82) is 0 Å². The molecule has 7 aromatic rings. The number of carboxylic acid groups (broad SMARTS) is 2. The second kappa shape index (κ2) is 12.5. The maximum Gasteiger partial charge on any atom is 0.221 e. The van der Waals surface area contributed by atoms with Gasteiger partial charge in [0.1, 0.15) is 11.5 Å². The third-order valence-corrected chi connectivity index (χ3v) is 12.7. The molecule has 8 heteroatoms. The maximum atomic E-state index is 13.5. The van der Waals surface area contributed by atoms with Crippen LogP contribution in [0.3, 0.4) is 0 Å². The van der Waals surface area contributed by atoms with Gasteiger partial charge in [0.25, 0.3) is 0 Å². The van der Waals surface area contributed by atoms with Gasteiger partial charge in [-0.15, -0.1) is 0 Å². The van der Waals surface area contributed by atoms with Crippen molar-refractivity contribution in [3.63, 3.8) is 0 Å². The summed E-state index contributed by atoms with van der Waals surface area (Å²) in [6.07, 6.45) is 0. The predicted molar refractivity (Wildman–Crippen MR) is 225 cm³/mol. The predicted octanol–water partition coefficient (Wildman–Crippen LogP) is 7.58. The number of para-hydroxylation sites is 2. The van der Waals surface area contributed by atoms with Crippen LogP contribution in [-0.4, -0.2) is 25.0 Å². The molecule has 58 heavy (non-hydrogen) atoms. The molecule has 0 aromatic heterocycles. The summed E-state index contributed by atoms with van der Waals surface area (Å²) in [6, 6.07) is 38.0. The molecule has 3 aliphatic rings. The highest BCUT2D eigenvalue weighted by Crippen LogP contribution is 2.58. The maximum absolute atomic E-state index is 13.5. The number of ether oxygens (including phenoxy) is 1. The Hall–Kier alpha value is -6.44. The Kier molecular flexibility index (Phi) is 7.76. The zero-order valence-corrected chi connectivity index (χ0v) is 33.5. The molecule has 3 heterocycles. The van der Waals surface area contributed by atoms with Crippen molar-refractivity contribution in [2.75, 3.05) is 18.0 Å². The van der Waals surface area contributed by atoms with Crippen LogP contribution in [0.2, 0.25) is 5.02 Å². The highest BCUT2D eigenvalue weighted by molar-refractivity contribution is 6.36. The van der Waals surface area contributed by atoms with Crippen molar-refractivity contribution in [2.24, 2.45) is 0 Å². The summed E-state index contributed by atoms with van der Waals surface area (Å²) in [6.45, 7) is 11.7. The minimum Gasteiger partial charge on any atom is -0.545 e. The van der Waals surface area contributed by atoms with Crippen LogP contribution in [0.25, 0.3) is 27.1 Å². The second-order valence-electron chi connectivity index (χ2n) is 16.9. The lowest BCUT2D eigenvalue weighted by atomic mass is 9.76. The van der Waals surface area contributed by atoms with E-state index in [1.165, 1.54) is 6.07 Å². The molecule has 0 bridgehead atoms.